The molecule has 0 saturated heterocycles. The summed E-state index contributed by atoms with van der Waals surface area (Å²) in [5, 5.41) is 25.0. The Hall–Kier alpha value is -3.38. The zero-order valence-corrected chi connectivity index (χ0v) is 23.4. The average Bonchev–Trinajstić information content (AvgIpc) is 3.58. The number of hydrogen-bond acceptors (Lipinski definition) is 4. The number of fused-ring (bicyclic) bond motifs is 3. The van der Waals surface area contributed by atoms with Crippen molar-refractivity contribution in [3.05, 3.63) is 116 Å². The van der Waals surface area contributed by atoms with Crippen LogP contribution in [0.4, 0.5) is 0 Å². The van der Waals surface area contributed by atoms with E-state index in [1.165, 1.54) is 45.5 Å². The number of H-pyrrole nitrogens is 1. The van der Waals surface area contributed by atoms with Gasteiger partial charge in [-0.25, -0.2) is 0 Å². The number of hydrogen-bond donors (Lipinski definition) is 4. The summed E-state index contributed by atoms with van der Waals surface area (Å²) < 4.78 is 0. The van der Waals surface area contributed by atoms with Crippen molar-refractivity contribution in [2.24, 2.45) is 0 Å². The molecule has 0 spiro atoms. The number of aliphatic hydroxyl groups excluding tert-OH is 1. The molecule has 2 aliphatic carbocycles. The lowest BCUT2D eigenvalue weighted by molar-refractivity contribution is 0.171. The third kappa shape index (κ3) is 6.27. The average molecular weight is 545 g/mol. The van der Waals surface area contributed by atoms with Gasteiger partial charge in [-0.2, -0.15) is 0 Å². The zero-order chi connectivity index (χ0) is 26.6. The molecule has 3 aromatic carbocycles. The first-order valence-corrected chi connectivity index (χ1v) is 13.6. The first kappa shape index (κ1) is 28.6. The number of phenolic OH excluding ortho intramolecular Hbond substituents is 1. The van der Waals surface area contributed by atoms with Crippen molar-refractivity contribution in [1.82, 2.24) is 10.3 Å². The van der Waals surface area contributed by atoms with Gasteiger partial charge in [0.15, 0.2) is 0 Å². The van der Waals surface area contributed by atoms with Crippen molar-refractivity contribution in [1.29, 1.82) is 0 Å². The van der Waals surface area contributed by atoms with E-state index in [0.29, 0.717) is 29.1 Å². The number of aromatic nitrogens is 1. The Morgan fingerprint density at radius 3 is 2.31 bits per heavy atom. The molecule has 1 aromatic heterocycles. The molecule has 39 heavy (non-hydrogen) atoms. The van der Waals surface area contributed by atoms with E-state index in [0.717, 1.165) is 32.1 Å². The van der Waals surface area contributed by atoms with Crippen LogP contribution < -0.4 is 10.9 Å². The summed E-state index contributed by atoms with van der Waals surface area (Å²) in [5.74, 6) is 0.00584. The Labute approximate surface area is 236 Å². The minimum atomic E-state index is -0.731. The van der Waals surface area contributed by atoms with Crippen LogP contribution in [-0.2, 0) is 32.1 Å². The fourth-order valence-electron chi connectivity index (χ4n) is 5.71. The number of benzene rings is 3. The lowest BCUT2D eigenvalue weighted by Gasteiger charge is -2.18. The van der Waals surface area contributed by atoms with Gasteiger partial charge < -0.3 is 20.5 Å². The van der Waals surface area contributed by atoms with Crippen molar-refractivity contribution in [3.8, 4) is 5.75 Å². The number of pyridine rings is 1. The predicted molar refractivity (Wildman–Crippen MR) is 162 cm³/mol. The summed E-state index contributed by atoms with van der Waals surface area (Å²) >= 11 is 0. The van der Waals surface area contributed by atoms with Crippen LogP contribution in [0.2, 0.25) is 0 Å². The van der Waals surface area contributed by atoms with Crippen molar-refractivity contribution in [2.45, 2.75) is 58.1 Å². The van der Waals surface area contributed by atoms with Gasteiger partial charge in [0.2, 0.25) is 5.56 Å². The van der Waals surface area contributed by atoms with E-state index < -0.39 is 6.10 Å². The Balaban J connectivity index is 0.000000297. The number of aromatic amines is 1. The molecule has 0 aliphatic heterocycles. The van der Waals surface area contributed by atoms with Gasteiger partial charge >= 0.3 is 0 Å². The highest BCUT2D eigenvalue weighted by molar-refractivity contribution is 5.87. The molecule has 6 heteroatoms. The van der Waals surface area contributed by atoms with E-state index in [1.807, 2.05) is 0 Å². The van der Waals surface area contributed by atoms with Gasteiger partial charge in [-0.3, -0.25) is 4.79 Å². The number of phenols is 1. The van der Waals surface area contributed by atoms with Crippen LogP contribution in [0.15, 0.2) is 71.5 Å². The fraction of sp³-hybridized carbons (Fsp3) is 0.303. The van der Waals surface area contributed by atoms with Crippen molar-refractivity contribution in [2.75, 3.05) is 6.54 Å². The SMILES string of the molecule is C1=Cc2ccccc2C1.CCc1cc2c(cc1CC)CC(NC[C@H](O)c1ccc(O)c3[nH]c(=O)ccc13)C2.Cl. The number of aliphatic hydroxyl groups is 1. The van der Waals surface area contributed by atoms with Gasteiger partial charge in [0.05, 0.1) is 11.6 Å². The molecule has 0 bridgehead atoms. The number of allylic oxidation sites excluding steroid dienone is 1. The fourth-order valence-corrected chi connectivity index (χ4v) is 5.71. The highest BCUT2D eigenvalue weighted by Crippen LogP contribution is 2.30. The monoisotopic (exact) mass is 544 g/mol. The normalized spacial score (nSPS) is 14.3. The maximum Gasteiger partial charge on any atom is 0.248 e. The van der Waals surface area contributed by atoms with Crippen molar-refractivity contribution in [3.63, 3.8) is 0 Å². The van der Waals surface area contributed by atoms with E-state index in [1.54, 1.807) is 12.1 Å². The Bertz CT molecular complexity index is 1510. The van der Waals surface area contributed by atoms with Gasteiger partial charge in [0.25, 0.3) is 0 Å². The van der Waals surface area contributed by atoms with Crippen LogP contribution in [0.25, 0.3) is 17.0 Å². The van der Waals surface area contributed by atoms with Gasteiger partial charge in [-0.15, -0.1) is 12.4 Å². The third-order valence-corrected chi connectivity index (χ3v) is 7.77. The molecule has 0 amide bonds. The molecule has 4 N–H and O–H groups in total. The quantitative estimate of drug-likeness (QED) is 0.246. The lowest BCUT2D eigenvalue weighted by atomic mass is 9.97. The Kier molecular flexibility index (Phi) is 9.28. The van der Waals surface area contributed by atoms with Crippen LogP contribution in [-0.4, -0.2) is 27.8 Å². The molecule has 0 unspecified atom stereocenters. The first-order valence-electron chi connectivity index (χ1n) is 13.6. The van der Waals surface area contributed by atoms with Crippen LogP contribution >= 0.6 is 12.4 Å². The topological polar surface area (TPSA) is 85.3 Å². The maximum atomic E-state index is 11.6. The van der Waals surface area contributed by atoms with E-state index in [2.05, 4.69) is 72.7 Å². The third-order valence-electron chi connectivity index (χ3n) is 7.77. The number of aryl methyl sites for hydroxylation is 2. The molecule has 1 heterocycles. The van der Waals surface area contributed by atoms with Crippen molar-refractivity contribution >= 4 is 29.4 Å². The maximum absolute atomic E-state index is 11.6. The summed E-state index contributed by atoms with van der Waals surface area (Å²) in [5.41, 5.74) is 9.33. The number of nitrogens with one attached hydrogen (secondary N) is 2. The summed E-state index contributed by atoms with van der Waals surface area (Å²) in [7, 11) is 0. The standard InChI is InChI=1S/C24H28N2O3.C9H8.ClH/c1-3-14-9-16-11-18(12-17(16)10-15(14)4-2)25-13-22(28)19-5-7-21(27)24-20(19)6-8-23(29)26-24;1-2-5-9-7-3-6-8(9)4-1;/h5-10,18,22,25,27-28H,3-4,11-13H2,1-2H3,(H,26,29);1-6H,7H2;1H/t22-;;/m0../s1. The molecule has 0 saturated carbocycles. The van der Waals surface area contributed by atoms with Crippen LogP contribution in [0.3, 0.4) is 0 Å². The first-order chi connectivity index (χ1) is 18.5. The van der Waals surface area contributed by atoms with Crippen molar-refractivity contribution < 1.29 is 10.2 Å². The molecule has 2 aliphatic rings. The van der Waals surface area contributed by atoms with Gasteiger partial charge in [0, 0.05) is 24.0 Å². The molecule has 5 nitrogen and oxygen atoms in total. The van der Waals surface area contributed by atoms with Crippen LogP contribution in [0.1, 0.15) is 58.9 Å². The van der Waals surface area contributed by atoms with Crippen LogP contribution in [0.5, 0.6) is 5.75 Å². The summed E-state index contributed by atoms with van der Waals surface area (Å²) in [6.07, 6.45) is 8.83. The highest BCUT2D eigenvalue weighted by atomic mass is 35.5. The molecule has 1 atom stereocenters. The van der Waals surface area contributed by atoms with Crippen LogP contribution in [0, 0.1) is 0 Å². The van der Waals surface area contributed by atoms with Gasteiger partial charge in [0.1, 0.15) is 5.75 Å². The molecular formula is C33H37ClN2O3. The largest absolute Gasteiger partial charge is 0.506 e. The minimum absolute atomic E-state index is 0. The number of halogens is 1. The zero-order valence-electron chi connectivity index (χ0n) is 22.5. The molecule has 6 rings (SSSR count). The summed E-state index contributed by atoms with van der Waals surface area (Å²) in [4.78, 5) is 14.2. The van der Waals surface area contributed by atoms with Gasteiger partial charge in [-0.05, 0) is 83.2 Å². The second kappa shape index (κ2) is 12.6. The molecule has 204 valence electrons. The number of rotatable bonds is 6. The Morgan fingerprint density at radius 2 is 1.64 bits per heavy atom. The lowest BCUT2D eigenvalue weighted by Crippen LogP contribution is -2.33. The number of aromatic hydroxyl groups is 1. The van der Waals surface area contributed by atoms with E-state index in [9.17, 15) is 15.0 Å². The second-order valence-corrected chi connectivity index (χ2v) is 10.2. The molecule has 4 aromatic rings. The Morgan fingerprint density at radius 1 is 0.949 bits per heavy atom. The molecular weight excluding hydrogens is 508 g/mol. The molecule has 0 radical (unpaired) electrons. The minimum Gasteiger partial charge on any atom is -0.506 e. The highest BCUT2D eigenvalue weighted by Gasteiger charge is 2.24. The smallest absolute Gasteiger partial charge is 0.248 e. The molecule has 0 fully saturated rings. The predicted octanol–water partition coefficient (Wildman–Crippen LogP) is 5.83. The van der Waals surface area contributed by atoms with E-state index in [-0.39, 0.29) is 23.7 Å². The second-order valence-electron chi connectivity index (χ2n) is 10.2. The summed E-state index contributed by atoms with van der Waals surface area (Å²) in [6.45, 7) is 4.83. The van der Waals surface area contributed by atoms with Gasteiger partial charge in [-0.1, -0.05) is 68.5 Å². The van der Waals surface area contributed by atoms with E-state index in [4.69, 9.17) is 0 Å². The summed E-state index contributed by atoms with van der Waals surface area (Å²) in [6, 6.07) is 19.8. The van der Waals surface area contributed by atoms with E-state index >= 15 is 0 Å².